The first kappa shape index (κ1) is 5.79. The van der Waals surface area contributed by atoms with Crippen molar-refractivity contribution in [1.29, 1.82) is 0 Å². The zero-order valence-electron chi connectivity index (χ0n) is 4.62. The molecule has 0 amide bonds. The molecular formula is C6H10O2. The van der Waals surface area contributed by atoms with Gasteiger partial charge in [-0.3, -0.25) is 0 Å². The van der Waals surface area contributed by atoms with Crippen LogP contribution < -0.4 is 0 Å². The van der Waals surface area contributed by atoms with Gasteiger partial charge < -0.3 is 10.2 Å². The molecule has 1 aliphatic rings. The smallest absolute Gasteiger partial charge is 0.0727 e. The first-order chi connectivity index (χ1) is 3.83. The lowest BCUT2D eigenvalue weighted by Crippen LogP contribution is -2.04. The predicted octanol–water partition coefficient (Wildman–Crippen LogP) is -0.0843. The lowest BCUT2D eigenvalue weighted by Gasteiger charge is -2.01. The molecule has 2 N–H and O–H groups in total. The van der Waals surface area contributed by atoms with Crippen LogP contribution in [0.15, 0.2) is 12.2 Å². The van der Waals surface area contributed by atoms with Crippen molar-refractivity contribution >= 4 is 0 Å². The zero-order valence-corrected chi connectivity index (χ0v) is 4.62. The first-order valence-electron chi connectivity index (χ1n) is 2.80. The first-order valence-corrected chi connectivity index (χ1v) is 2.80. The van der Waals surface area contributed by atoms with Crippen LogP contribution in [0.25, 0.3) is 0 Å². The van der Waals surface area contributed by atoms with Crippen molar-refractivity contribution < 1.29 is 10.2 Å². The van der Waals surface area contributed by atoms with Gasteiger partial charge in [-0.15, -0.1) is 0 Å². The van der Waals surface area contributed by atoms with E-state index in [0.29, 0.717) is 6.42 Å². The minimum Gasteiger partial charge on any atom is -0.396 e. The number of hydrogen-bond acceptors (Lipinski definition) is 2. The molecule has 46 valence electrons. The molecule has 0 spiro atoms. The maximum absolute atomic E-state index is 8.83. The van der Waals surface area contributed by atoms with Gasteiger partial charge in [0.1, 0.15) is 0 Å². The Labute approximate surface area is 48.5 Å². The van der Waals surface area contributed by atoms with Crippen LogP contribution >= 0.6 is 0 Å². The summed E-state index contributed by atoms with van der Waals surface area (Å²) in [7, 11) is 0. The lowest BCUT2D eigenvalue weighted by atomic mass is 10.1. The van der Waals surface area contributed by atoms with Crippen LogP contribution in [0.4, 0.5) is 0 Å². The van der Waals surface area contributed by atoms with E-state index < -0.39 is 0 Å². The number of hydrogen-bond donors (Lipinski definition) is 2. The lowest BCUT2D eigenvalue weighted by molar-refractivity contribution is 0.181. The number of aliphatic hydroxyl groups excluding tert-OH is 2. The molecule has 0 fully saturated rings. The van der Waals surface area contributed by atoms with E-state index >= 15 is 0 Å². The maximum atomic E-state index is 8.83. The normalized spacial score (nSPS) is 36.2. The predicted molar refractivity (Wildman–Crippen MR) is 30.3 cm³/mol. The second-order valence-corrected chi connectivity index (χ2v) is 2.13. The Morgan fingerprint density at radius 1 is 1.50 bits per heavy atom. The third kappa shape index (κ3) is 1.08. The van der Waals surface area contributed by atoms with Crippen molar-refractivity contribution in [3.8, 4) is 0 Å². The Bertz CT molecular complexity index is 98.7. The minimum absolute atomic E-state index is 0.160. The molecule has 0 saturated heterocycles. The van der Waals surface area contributed by atoms with Gasteiger partial charge in [0.15, 0.2) is 0 Å². The largest absolute Gasteiger partial charge is 0.396 e. The molecule has 0 aliphatic heterocycles. The minimum atomic E-state index is -0.313. The fraction of sp³-hybridized carbons (Fsp3) is 0.667. The van der Waals surface area contributed by atoms with Crippen molar-refractivity contribution in [2.45, 2.75) is 12.5 Å². The zero-order chi connectivity index (χ0) is 5.98. The highest BCUT2D eigenvalue weighted by atomic mass is 16.3. The average molecular weight is 114 g/mol. The molecule has 0 aromatic heterocycles. The molecule has 2 atom stereocenters. The van der Waals surface area contributed by atoms with Crippen LogP contribution in [0.1, 0.15) is 6.42 Å². The summed E-state index contributed by atoms with van der Waals surface area (Å²) in [6, 6.07) is 0. The molecule has 0 radical (unpaired) electrons. The summed E-state index contributed by atoms with van der Waals surface area (Å²) in [5, 5.41) is 17.4. The molecular weight excluding hydrogens is 104 g/mol. The van der Waals surface area contributed by atoms with Crippen molar-refractivity contribution in [1.82, 2.24) is 0 Å². The molecule has 0 bridgehead atoms. The van der Waals surface area contributed by atoms with Gasteiger partial charge in [-0.05, 0) is 6.42 Å². The molecule has 0 heterocycles. The average Bonchev–Trinajstić information content (AvgIpc) is 2.14. The van der Waals surface area contributed by atoms with Crippen molar-refractivity contribution in [3.63, 3.8) is 0 Å². The molecule has 1 aliphatic carbocycles. The fourth-order valence-electron chi connectivity index (χ4n) is 0.888. The van der Waals surface area contributed by atoms with E-state index in [4.69, 9.17) is 10.2 Å². The van der Waals surface area contributed by atoms with Crippen LogP contribution in [0, 0.1) is 5.92 Å². The van der Waals surface area contributed by atoms with Gasteiger partial charge in [-0.2, -0.15) is 0 Å². The van der Waals surface area contributed by atoms with Gasteiger partial charge in [-0.25, -0.2) is 0 Å². The third-order valence-corrected chi connectivity index (χ3v) is 1.38. The Morgan fingerprint density at radius 3 is 2.50 bits per heavy atom. The van der Waals surface area contributed by atoms with Crippen LogP contribution in [0.3, 0.4) is 0 Å². The summed E-state index contributed by atoms with van der Waals surface area (Å²) in [4.78, 5) is 0. The van der Waals surface area contributed by atoms with Crippen molar-refractivity contribution in [2.75, 3.05) is 6.61 Å². The van der Waals surface area contributed by atoms with Crippen LogP contribution in [-0.4, -0.2) is 22.9 Å². The molecule has 1 rings (SSSR count). The molecule has 0 aromatic rings. The van der Waals surface area contributed by atoms with Gasteiger partial charge in [0, 0.05) is 12.5 Å². The molecule has 0 aromatic carbocycles. The second-order valence-electron chi connectivity index (χ2n) is 2.13. The quantitative estimate of drug-likeness (QED) is 0.468. The Balaban J connectivity index is 2.34. The topological polar surface area (TPSA) is 40.5 Å². The highest BCUT2D eigenvalue weighted by Gasteiger charge is 2.14. The maximum Gasteiger partial charge on any atom is 0.0727 e. The van der Waals surface area contributed by atoms with E-state index in [2.05, 4.69) is 0 Å². The summed E-state index contributed by atoms with van der Waals surface area (Å²) in [6.07, 6.45) is 3.95. The van der Waals surface area contributed by atoms with E-state index in [1.807, 2.05) is 6.08 Å². The SMILES string of the molecule is OCC1C=CC(O)C1. The summed E-state index contributed by atoms with van der Waals surface area (Å²) in [5.74, 6) is 0.199. The Kier molecular flexibility index (Phi) is 1.65. The highest BCUT2D eigenvalue weighted by Crippen LogP contribution is 2.15. The summed E-state index contributed by atoms with van der Waals surface area (Å²) in [5.41, 5.74) is 0. The van der Waals surface area contributed by atoms with E-state index in [1.165, 1.54) is 0 Å². The molecule has 2 nitrogen and oxygen atoms in total. The molecule has 8 heavy (non-hydrogen) atoms. The van der Waals surface area contributed by atoms with Crippen molar-refractivity contribution in [2.24, 2.45) is 5.92 Å². The summed E-state index contributed by atoms with van der Waals surface area (Å²) in [6.45, 7) is 0.160. The van der Waals surface area contributed by atoms with E-state index in [0.717, 1.165) is 0 Å². The van der Waals surface area contributed by atoms with Crippen LogP contribution in [0.5, 0.6) is 0 Å². The fourth-order valence-corrected chi connectivity index (χ4v) is 0.888. The van der Waals surface area contributed by atoms with E-state index in [1.54, 1.807) is 6.08 Å². The molecule has 0 saturated carbocycles. The number of aliphatic hydroxyl groups is 2. The molecule has 2 heteroatoms. The Morgan fingerprint density at radius 2 is 2.25 bits per heavy atom. The highest BCUT2D eigenvalue weighted by molar-refractivity contribution is 5.01. The van der Waals surface area contributed by atoms with E-state index in [-0.39, 0.29) is 18.6 Å². The van der Waals surface area contributed by atoms with Gasteiger partial charge in [-0.1, -0.05) is 12.2 Å². The Hall–Kier alpha value is -0.340. The standard InChI is InChI=1S/C6H10O2/c7-4-5-1-2-6(8)3-5/h1-2,5-8H,3-4H2. The monoisotopic (exact) mass is 114 g/mol. The third-order valence-electron chi connectivity index (χ3n) is 1.38. The van der Waals surface area contributed by atoms with E-state index in [9.17, 15) is 0 Å². The van der Waals surface area contributed by atoms with Gasteiger partial charge in [0.05, 0.1) is 6.10 Å². The number of rotatable bonds is 1. The van der Waals surface area contributed by atoms with Crippen LogP contribution in [0.2, 0.25) is 0 Å². The van der Waals surface area contributed by atoms with Gasteiger partial charge in [0.25, 0.3) is 0 Å². The van der Waals surface area contributed by atoms with Crippen molar-refractivity contribution in [3.05, 3.63) is 12.2 Å². The molecule has 2 unspecified atom stereocenters. The summed E-state index contributed by atoms with van der Waals surface area (Å²) < 4.78 is 0. The summed E-state index contributed by atoms with van der Waals surface area (Å²) >= 11 is 0. The van der Waals surface area contributed by atoms with Gasteiger partial charge in [0.2, 0.25) is 0 Å². The van der Waals surface area contributed by atoms with Gasteiger partial charge >= 0.3 is 0 Å². The van der Waals surface area contributed by atoms with Crippen LogP contribution in [-0.2, 0) is 0 Å². The second kappa shape index (κ2) is 2.29.